The van der Waals surface area contributed by atoms with E-state index in [1.807, 2.05) is 13.1 Å². The maximum atomic E-state index is 9.17. The van der Waals surface area contributed by atoms with E-state index in [0.717, 1.165) is 28.9 Å². The van der Waals surface area contributed by atoms with Crippen molar-refractivity contribution in [3.05, 3.63) is 35.9 Å². The van der Waals surface area contributed by atoms with E-state index in [2.05, 4.69) is 33.7 Å². The first-order chi connectivity index (χ1) is 11.7. The Labute approximate surface area is 145 Å². The molecule has 0 aliphatic heterocycles. The minimum atomic E-state index is 0.424. The van der Waals surface area contributed by atoms with Crippen molar-refractivity contribution < 1.29 is 0 Å². The van der Waals surface area contributed by atoms with Crippen LogP contribution < -0.4 is 0 Å². The number of nitriles is 1. The summed E-state index contributed by atoms with van der Waals surface area (Å²) in [6.45, 7) is 5.85. The summed E-state index contributed by atoms with van der Waals surface area (Å²) in [6, 6.07) is 2.37. The minimum Gasteiger partial charge on any atom is -0.296 e. The lowest BCUT2D eigenvalue weighted by Gasteiger charge is -2.19. The molecule has 0 amide bonds. The summed E-state index contributed by atoms with van der Waals surface area (Å²) < 4.78 is 0. The van der Waals surface area contributed by atoms with Gasteiger partial charge in [-0.05, 0) is 25.2 Å². The van der Waals surface area contributed by atoms with Gasteiger partial charge in [0.2, 0.25) is 0 Å². The second kappa shape index (κ2) is 9.12. The van der Waals surface area contributed by atoms with Crippen LogP contribution in [0.4, 0.5) is 0 Å². The molecule has 1 aromatic rings. The lowest BCUT2D eigenvalue weighted by molar-refractivity contribution is 0.347. The van der Waals surface area contributed by atoms with Gasteiger partial charge in [0.1, 0.15) is 6.33 Å². The van der Waals surface area contributed by atoms with Crippen LogP contribution in [0.3, 0.4) is 0 Å². The van der Waals surface area contributed by atoms with Gasteiger partial charge in [0.05, 0.1) is 11.8 Å². The second-order valence-electron chi connectivity index (χ2n) is 6.37. The predicted molar refractivity (Wildman–Crippen MR) is 99.5 cm³/mol. The zero-order valence-corrected chi connectivity index (χ0v) is 14.7. The average Bonchev–Trinajstić information content (AvgIpc) is 3.11. The molecule has 0 aromatic carbocycles. The summed E-state index contributed by atoms with van der Waals surface area (Å²) in [5.74, 6) is 1.10. The van der Waals surface area contributed by atoms with E-state index in [-0.39, 0.29) is 0 Å². The number of aryl methyl sites for hydroxylation is 1. The molecule has 4 nitrogen and oxygen atoms in total. The van der Waals surface area contributed by atoms with Crippen LogP contribution in [0.25, 0.3) is 11.6 Å². The molecule has 0 radical (unpaired) electrons. The SMILES string of the molecule is C=Cc1c(C)ncnc1C(/C=N\C)=C/CC(CC#N)C1CCCC1. The van der Waals surface area contributed by atoms with Crippen LogP contribution in [-0.4, -0.2) is 23.2 Å². The highest BCUT2D eigenvalue weighted by molar-refractivity contribution is 6.10. The lowest BCUT2D eigenvalue weighted by Crippen LogP contribution is -2.11. The highest BCUT2D eigenvalue weighted by atomic mass is 14.8. The summed E-state index contributed by atoms with van der Waals surface area (Å²) in [4.78, 5) is 12.9. The Morgan fingerprint density at radius 1 is 1.46 bits per heavy atom. The number of aromatic nitrogens is 2. The number of allylic oxidation sites excluding steroid dienone is 2. The van der Waals surface area contributed by atoms with Crippen molar-refractivity contribution in [1.82, 2.24) is 9.97 Å². The van der Waals surface area contributed by atoms with Gasteiger partial charge in [0.25, 0.3) is 0 Å². The van der Waals surface area contributed by atoms with Crippen molar-refractivity contribution in [3.8, 4) is 6.07 Å². The van der Waals surface area contributed by atoms with E-state index in [0.29, 0.717) is 18.3 Å². The summed E-state index contributed by atoms with van der Waals surface area (Å²) >= 11 is 0. The molecule has 1 heterocycles. The monoisotopic (exact) mass is 322 g/mol. The van der Waals surface area contributed by atoms with Crippen molar-refractivity contribution in [2.45, 2.75) is 45.4 Å². The summed E-state index contributed by atoms with van der Waals surface area (Å²) in [7, 11) is 1.76. The van der Waals surface area contributed by atoms with Crippen molar-refractivity contribution in [2.75, 3.05) is 7.05 Å². The Kier molecular flexibility index (Phi) is 6.87. The molecule has 1 atom stereocenters. The quantitative estimate of drug-likeness (QED) is 0.688. The topological polar surface area (TPSA) is 61.9 Å². The van der Waals surface area contributed by atoms with E-state index in [1.165, 1.54) is 25.7 Å². The Balaban J connectivity index is 2.29. The van der Waals surface area contributed by atoms with E-state index >= 15 is 0 Å². The third-order valence-corrected chi connectivity index (χ3v) is 4.89. The molecule has 4 heteroatoms. The van der Waals surface area contributed by atoms with Crippen molar-refractivity contribution in [3.63, 3.8) is 0 Å². The largest absolute Gasteiger partial charge is 0.296 e. The van der Waals surface area contributed by atoms with Crippen LogP contribution in [0.1, 0.15) is 55.5 Å². The van der Waals surface area contributed by atoms with Gasteiger partial charge in [-0.2, -0.15) is 5.26 Å². The zero-order chi connectivity index (χ0) is 17.4. The molecule has 0 bridgehead atoms. The zero-order valence-electron chi connectivity index (χ0n) is 14.7. The van der Waals surface area contributed by atoms with Crippen molar-refractivity contribution >= 4 is 17.9 Å². The van der Waals surface area contributed by atoms with Gasteiger partial charge in [0, 0.05) is 36.5 Å². The van der Waals surface area contributed by atoms with E-state index in [9.17, 15) is 5.26 Å². The van der Waals surface area contributed by atoms with Crippen LogP contribution in [0.5, 0.6) is 0 Å². The molecule has 0 N–H and O–H groups in total. The maximum absolute atomic E-state index is 9.17. The van der Waals surface area contributed by atoms with E-state index < -0.39 is 0 Å². The van der Waals surface area contributed by atoms with Crippen LogP contribution >= 0.6 is 0 Å². The summed E-state index contributed by atoms with van der Waals surface area (Å²) in [5.41, 5.74) is 3.71. The number of rotatable bonds is 7. The molecule has 1 saturated carbocycles. The summed E-state index contributed by atoms with van der Waals surface area (Å²) in [6.07, 6.45) is 14.0. The van der Waals surface area contributed by atoms with Crippen LogP contribution in [-0.2, 0) is 0 Å². The molecular weight excluding hydrogens is 296 g/mol. The van der Waals surface area contributed by atoms with Gasteiger partial charge >= 0.3 is 0 Å². The number of hydrogen-bond donors (Lipinski definition) is 0. The number of hydrogen-bond acceptors (Lipinski definition) is 4. The number of aliphatic imine (C=N–C) groups is 1. The van der Waals surface area contributed by atoms with Crippen molar-refractivity contribution in [1.29, 1.82) is 5.26 Å². The average molecular weight is 322 g/mol. The molecule has 24 heavy (non-hydrogen) atoms. The second-order valence-corrected chi connectivity index (χ2v) is 6.37. The lowest BCUT2D eigenvalue weighted by atomic mass is 9.85. The Bertz CT molecular complexity index is 661. The molecule has 1 fully saturated rings. The molecule has 1 unspecified atom stereocenters. The normalized spacial score (nSPS) is 17.1. The van der Waals surface area contributed by atoms with Gasteiger partial charge in [-0.3, -0.25) is 4.99 Å². The smallest absolute Gasteiger partial charge is 0.116 e. The highest BCUT2D eigenvalue weighted by Crippen LogP contribution is 2.35. The first-order valence-electron chi connectivity index (χ1n) is 8.65. The Morgan fingerprint density at radius 3 is 2.83 bits per heavy atom. The number of nitrogens with zero attached hydrogens (tertiary/aromatic N) is 4. The van der Waals surface area contributed by atoms with Gasteiger partial charge in [-0.25, -0.2) is 9.97 Å². The molecule has 0 saturated heterocycles. The van der Waals surface area contributed by atoms with Crippen LogP contribution in [0.15, 0.2) is 24.0 Å². The van der Waals surface area contributed by atoms with Crippen molar-refractivity contribution in [2.24, 2.45) is 16.8 Å². The Hall–Kier alpha value is -2.28. The predicted octanol–water partition coefficient (Wildman–Crippen LogP) is 4.62. The standard InChI is InChI=1S/C20H26N4/c1-4-19-15(2)23-14-24-20(19)18(13-22-3)10-9-17(11-12-21)16-7-5-6-8-16/h4,10,13-14,16-17H,1,5-9,11H2,2-3H3/b18-10+,22-13-. The molecule has 126 valence electrons. The highest BCUT2D eigenvalue weighted by Gasteiger charge is 2.24. The fourth-order valence-corrected chi connectivity index (χ4v) is 3.57. The maximum Gasteiger partial charge on any atom is 0.116 e. The van der Waals surface area contributed by atoms with E-state index in [1.54, 1.807) is 19.5 Å². The Morgan fingerprint density at radius 2 is 2.21 bits per heavy atom. The third kappa shape index (κ3) is 4.38. The van der Waals surface area contributed by atoms with Gasteiger partial charge < -0.3 is 0 Å². The fourth-order valence-electron chi connectivity index (χ4n) is 3.57. The summed E-state index contributed by atoms with van der Waals surface area (Å²) in [5, 5.41) is 9.17. The van der Waals surface area contributed by atoms with E-state index in [4.69, 9.17) is 0 Å². The molecule has 1 aromatic heterocycles. The molecular formula is C20H26N4. The van der Waals surface area contributed by atoms with Crippen LogP contribution in [0.2, 0.25) is 0 Å². The molecule has 0 spiro atoms. The molecule has 1 aliphatic carbocycles. The van der Waals surface area contributed by atoms with Gasteiger partial charge in [-0.1, -0.05) is 44.4 Å². The molecule has 2 rings (SSSR count). The fraction of sp³-hybridized carbons (Fsp3) is 0.500. The third-order valence-electron chi connectivity index (χ3n) is 4.89. The van der Waals surface area contributed by atoms with Gasteiger partial charge in [0.15, 0.2) is 0 Å². The minimum absolute atomic E-state index is 0.424. The van der Waals surface area contributed by atoms with Crippen LogP contribution in [0, 0.1) is 30.1 Å². The first kappa shape index (κ1) is 18.1. The first-order valence-corrected chi connectivity index (χ1v) is 8.65. The molecule has 1 aliphatic rings. The van der Waals surface area contributed by atoms with Gasteiger partial charge in [-0.15, -0.1) is 0 Å².